The molecule has 2 nitrogen and oxygen atoms in total. The van der Waals surface area contributed by atoms with Crippen LogP contribution in [0.4, 0.5) is 0 Å². The highest BCUT2D eigenvalue weighted by atomic mass is 35.5. The smallest absolute Gasteiger partial charge is 0.153 e. The van der Waals surface area contributed by atoms with Crippen LogP contribution >= 0.6 is 23.2 Å². The van der Waals surface area contributed by atoms with Crippen LogP contribution in [0.25, 0.3) is 11.1 Å². The number of phenols is 1. The topological polar surface area (TPSA) is 37.3 Å². The van der Waals surface area contributed by atoms with Crippen molar-refractivity contribution in [2.24, 2.45) is 0 Å². The van der Waals surface area contributed by atoms with Gasteiger partial charge in [-0.25, -0.2) is 0 Å². The molecule has 0 bridgehead atoms. The summed E-state index contributed by atoms with van der Waals surface area (Å²) >= 11 is 12.0. The van der Waals surface area contributed by atoms with Gasteiger partial charge in [-0.2, -0.15) is 0 Å². The zero-order valence-electron chi connectivity index (χ0n) is 8.65. The molecule has 0 aliphatic heterocycles. The fourth-order valence-electron chi connectivity index (χ4n) is 1.54. The Balaban J connectivity index is 2.60. The Morgan fingerprint density at radius 2 is 1.82 bits per heavy atom. The molecular weight excluding hydrogens is 259 g/mol. The third-order valence-electron chi connectivity index (χ3n) is 2.39. The van der Waals surface area contributed by atoms with Gasteiger partial charge in [-0.3, -0.25) is 4.79 Å². The third-order valence-corrected chi connectivity index (χ3v) is 2.96. The van der Waals surface area contributed by atoms with Crippen molar-refractivity contribution in [3.63, 3.8) is 0 Å². The van der Waals surface area contributed by atoms with Crippen molar-refractivity contribution in [1.82, 2.24) is 0 Å². The fourth-order valence-corrected chi connectivity index (χ4v) is 1.93. The zero-order chi connectivity index (χ0) is 12.4. The molecule has 0 aliphatic rings. The summed E-state index contributed by atoms with van der Waals surface area (Å²) in [5.74, 6) is -0.0538. The SMILES string of the molecule is O=Cc1cc(-c2cc(Cl)ccc2Cl)ccc1O. The van der Waals surface area contributed by atoms with Crippen molar-refractivity contribution in [3.8, 4) is 16.9 Å². The largest absolute Gasteiger partial charge is 0.507 e. The summed E-state index contributed by atoms with van der Waals surface area (Å²) in [7, 11) is 0. The van der Waals surface area contributed by atoms with Crippen LogP contribution in [0.1, 0.15) is 10.4 Å². The molecule has 0 radical (unpaired) electrons. The van der Waals surface area contributed by atoms with Crippen LogP contribution < -0.4 is 0 Å². The summed E-state index contributed by atoms with van der Waals surface area (Å²) in [5, 5.41) is 10.5. The molecule has 0 aromatic heterocycles. The van der Waals surface area contributed by atoms with Gasteiger partial charge in [0.05, 0.1) is 5.56 Å². The van der Waals surface area contributed by atoms with Gasteiger partial charge in [0.15, 0.2) is 6.29 Å². The second-order valence-corrected chi connectivity index (χ2v) is 4.36. The third kappa shape index (κ3) is 2.43. The summed E-state index contributed by atoms with van der Waals surface area (Å²) in [6, 6.07) is 9.79. The predicted molar refractivity (Wildman–Crippen MR) is 69.0 cm³/mol. The van der Waals surface area contributed by atoms with Gasteiger partial charge in [0.1, 0.15) is 5.75 Å². The number of carbonyl (C=O) groups excluding carboxylic acids is 1. The van der Waals surface area contributed by atoms with E-state index in [9.17, 15) is 9.90 Å². The highest BCUT2D eigenvalue weighted by Gasteiger charge is 2.07. The molecule has 0 spiro atoms. The van der Waals surface area contributed by atoms with Crippen molar-refractivity contribution in [2.75, 3.05) is 0 Å². The van der Waals surface area contributed by atoms with E-state index in [4.69, 9.17) is 23.2 Å². The Kier molecular flexibility index (Phi) is 3.36. The van der Waals surface area contributed by atoms with Crippen LogP contribution in [0.2, 0.25) is 10.0 Å². The molecule has 0 unspecified atom stereocenters. The molecule has 2 rings (SSSR count). The molecule has 0 fully saturated rings. The van der Waals surface area contributed by atoms with Gasteiger partial charge in [-0.15, -0.1) is 0 Å². The number of phenolic OH excluding ortho intramolecular Hbond substituents is 1. The second-order valence-electron chi connectivity index (χ2n) is 3.52. The van der Waals surface area contributed by atoms with E-state index in [-0.39, 0.29) is 11.3 Å². The minimum Gasteiger partial charge on any atom is -0.507 e. The van der Waals surface area contributed by atoms with E-state index in [1.807, 2.05) is 0 Å². The van der Waals surface area contributed by atoms with Crippen molar-refractivity contribution in [3.05, 3.63) is 52.0 Å². The maximum absolute atomic E-state index is 10.7. The number of benzene rings is 2. The zero-order valence-corrected chi connectivity index (χ0v) is 10.2. The number of aldehydes is 1. The van der Waals surface area contributed by atoms with E-state index in [0.29, 0.717) is 16.3 Å². The molecule has 86 valence electrons. The van der Waals surface area contributed by atoms with E-state index in [0.717, 1.165) is 11.1 Å². The van der Waals surface area contributed by atoms with Gasteiger partial charge in [0.2, 0.25) is 0 Å². The van der Waals surface area contributed by atoms with Gasteiger partial charge in [-0.1, -0.05) is 29.3 Å². The van der Waals surface area contributed by atoms with Gasteiger partial charge in [0, 0.05) is 15.6 Å². The van der Waals surface area contributed by atoms with Gasteiger partial charge in [-0.05, 0) is 35.9 Å². The first-order valence-corrected chi connectivity index (χ1v) is 5.61. The first-order valence-electron chi connectivity index (χ1n) is 4.85. The van der Waals surface area contributed by atoms with Crippen LogP contribution in [-0.2, 0) is 0 Å². The lowest BCUT2D eigenvalue weighted by Gasteiger charge is -2.06. The first kappa shape index (κ1) is 12.0. The maximum atomic E-state index is 10.7. The average Bonchev–Trinajstić information content (AvgIpc) is 2.33. The second kappa shape index (κ2) is 4.78. The molecule has 4 heteroatoms. The van der Waals surface area contributed by atoms with Crippen LogP contribution in [0.15, 0.2) is 36.4 Å². The van der Waals surface area contributed by atoms with E-state index < -0.39 is 0 Å². The standard InChI is InChI=1S/C13H8Cl2O2/c14-10-2-3-12(15)11(6-10)8-1-4-13(17)9(5-8)7-16/h1-7,17H. The number of hydrogen-bond acceptors (Lipinski definition) is 2. The molecule has 0 saturated carbocycles. The van der Waals surface area contributed by atoms with Crippen molar-refractivity contribution >= 4 is 29.5 Å². The minimum atomic E-state index is -0.0538. The number of carbonyl (C=O) groups is 1. The quantitative estimate of drug-likeness (QED) is 0.829. The Hall–Kier alpha value is -1.51. The molecule has 0 heterocycles. The Bertz CT molecular complexity index is 580. The molecule has 0 aliphatic carbocycles. The Labute approximate surface area is 108 Å². The number of rotatable bonds is 2. The van der Waals surface area contributed by atoms with Gasteiger partial charge >= 0.3 is 0 Å². The number of aromatic hydroxyl groups is 1. The Morgan fingerprint density at radius 1 is 1.06 bits per heavy atom. The van der Waals surface area contributed by atoms with E-state index in [1.54, 1.807) is 30.3 Å². The summed E-state index contributed by atoms with van der Waals surface area (Å²) in [4.78, 5) is 10.7. The molecule has 2 aromatic carbocycles. The molecule has 2 aromatic rings. The molecule has 0 saturated heterocycles. The van der Waals surface area contributed by atoms with Gasteiger partial charge < -0.3 is 5.11 Å². The summed E-state index contributed by atoms with van der Waals surface area (Å²) in [5.41, 5.74) is 1.68. The van der Waals surface area contributed by atoms with E-state index in [2.05, 4.69) is 0 Å². The summed E-state index contributed by atoms with van der Waals surface area (Å²) in [6.07, 6.45) is 0.595. The van der Waals surface area contributed by atoms with Crippen molar-refractivity contribution in [2.45, 2.75) is 0 Å². The molecular formula is C13H8Cl2O2. The molecule has 1 N–H and O–H groups in total. The van der Waals surface area contributed by atoms with E-state index in [1.165, 1.54) is 6.07 Å². The highest BCUT2D eigenvalue weighted by molar-refractivity contribution is 6.35. The lowest BCUT2D eigenvalue weighted by Crippen LogP contribution is -1.85. The first-order chi connectivity index (χ1) is 8.11. The van der Waals surface area contributed by atoms with Crippen molar-refractivity contribution in [1.29, 1.82) is 0 Å². The van der Waals surface area contributed by atoms with Gasteiger partial charge in [0.25, 0.3) is 0 Å². The van der Waals surface area contributed by atoms with Crippen LogP contribution in [0.5, 0.6) is 5.75 Å². The van der Waals surface area contributed by atoms with Crippen LogP contribution in [0, 0.1) is 0 Å². The summed E-state index contributed by atoms with van der Waals surface area (Å²) in [6.45, 7) is 0. The van der Waals surface area contributed by atoms with Crippen LogP contribution in [0.3, 0.4) is 0 Å². The molecule has 0 amide bonds. The molecule has 17 heavy (non-hydrogen) atoms. The lowest BCUT2D eigenvalue weighted by molar-refractivity contribution is 0.112. The molecule has 0 atom stereocenters. The number of halogens is 2. The normalized spacial score (nSPS) is 10.2. The highest BCUT2D eigenvalue weighted by Crippen LogP contribution is 2.32. The lowest BCUT2D eigenvalue weighted by atomic mass is 10.0. The number of hydrogen-bond donors (Lipinski definition) is 1. The monoisotopic (exact) mass is 266 g/mol. The van der Waals surface area contributed by atoms with Crippen LogP contribution in [-0.4, -0.2) is 11.4 Å². The minimum absolute atomic E-state index is 0.0538. The van der Waals surface area contributed by atoms with Crippen molar-refractivity contribution < 1.29 is 9.90 Å². The van der Waals surface area contributed by atoms with E-state index >= 15 is 0 Å². The fraction of sp³-hybridized carbons (Fsp3) is 0. The summed E-state index contributed by atoms with van der Waals surface area (Å²) < 4.78 is 0. The average molecular weight is 267 g/mol. The predicted octanol–water partition coefficient (Wildman–Crippen LogP) is 4.18. The maximum Gasteiger partial charge on any atom is 0.153 e. The Morgan fingerprint density at radius 3 is 2.53 bits per heavy atom.